The number of hydrogen-bond donors (Lipinski definition) is 0. The lowest BCUT2D eigenvalue weighted by molar-refractivity contribution is -0.102. The molecule has 1 aliphatic carbocycles. The van der Waals surface area contributed by atoms with Crippen LogP contribution in [0.2, 0.25) is 0 Å². The van der Waals surface area contributed by atoms with Crippen molar-refractivity contribution in [3.05, 3.63) is 0 Å². The Bertz CT molecular complexity index is 157. The van der Waals surface area contributed by atoms with Crippen LogP contribution < -0.4 is 0 Å². The van der Waals surface area contributed by atoms with Gasteiger partial charge in [0, 0.05) is 5.92 Å². The Morgan fingerprint density at radius 2 is 1.92 bits per heavy atom. The molecule has 13 heavy (non-hydrogen) atoms. The van der Waals surface area contributed by atoms with Gasteiger partial charge in [-0.2, -0.15) is 0 Å². The van der Waals surface area contributed by atoms with Crippen LogP contribution in [0.3, 0.4) is 0 Å². The topological polar surface area (TPSA) is 18.5 Å². The molecule has 0 N–H and O–H groups in total. The van der Waals surface area contributed by atoms with Crippen LogP contribution in [0.15, 0.2) is 0 Å². The molecule has 1 saturated heterocycles. The molecule has 0 radical (unpaired) electrons. The van der Waals surface area contributed by atoms with E-state index in [2.05, 4.69) is 0 Å². The maximum Gasteiger partial charge on any atom is 0.161 e. The first-order valence-electron chi connectivity index (χ1n) is 5.23. The molecular weight excluding hydrogens is 188 g/mol. The fourth-order valence-corrected chi connectivity index (χ4v) is 2.37. The molecule has 0 amide bonds. The minimum atomic E-state index is 0.0454. The Balaban J connectivity index is 1.80. The van der Waals surface area contributed by atoms with Crippen LogP contribution in [-0.4, -0.2) is 24.9 Å². The lowest BCUT2D eigenvalue weighted by Gasteiger charge is -2.25. The Hall–Kier alpha value is 0.210. The molecule has 3 heteroatoms. The van der Waals surface area contributed by atoms with Crippen LogP contribution in [0.4, 0.5) is 0 Å². The second-order valence-corrected chi connectivity index (χ2v) is 4.32. The van der Waals surface area contributed by atoms with Crippen LogP contribution in [0, 0.1) is 5.92 Å². The van der Waals surface area contributed by atoms with Gasteiger partial charge in [-0.1, -0.05) is 19.3 Å². The standard InChI is InChI=1S/C10H17ClO2/c11-6-9-7-12-10(13-9)8-4-2-1-3-5-8/h8-10H,1-7H2. The van der Waals surface area contributed by atoms with Gasteiger partial charge in [0.05, 0.1) is 18.6 Å². The van der Waals surface area contributed by atoms with E-state index in [0.717, 1.165) is 0 Å². The molecule has 0 spiro atoms. The van der Waals surface area contributed by atoms with E-state index in [1.54, 1.807) is 0 Å². The monoisotopic (exact) mass is 204 g/mol. The molecule has 0 aromatic carbocycles. The van der Waals surface area contributed by atoms with E-state index in [9.17, 15) is 0 Å². The van der Waals surface area contributed by atoms with Gasteiger partial charge in [0.1, 0.15) is 0 Å². The van der Waals surface area contributed by atoms with E-state index in [1.807, 2.05) is 0 Å². The van der Waals surface area contributed by atoms with Crippen LogP contribution >= 0.6 is 11.6 Å². The minimum absolute atomic E-state index is 0.0454. The van der Waals surface area contributed by atoms with Crippen LogP contribution in [-0.2, 0) is 9.47 Å². The number of halogens is 1. The van der Waals surface area contributed by atoms with Crippen molar-refractivity contribution in [2.75, 3.05) is 12.5 Å². The first-order valence-corrected chi connectivity index (χ1v) is 5.76. The molecule has 2 atom stereocenters. The smallest absolute Gasteiger partial charge is 0.161 e. The van der Waals surface area contributed by atoms with Crippen molar-refractivity contribution >= 4 is 11.6 Å². The Morgan fingerprint density at radius 1 is 1.15 bits per heavy atom. The maximum atomic E-state index is 5.71. The number of ether oxygens (including phenoxy) is 2. The molecule has 2 unspecified atom stereocenters. The fourth-order valence-electron chi connectivity index (χ4n) is 2.20. The zero-order chi connectivity index (χ0) is 9.10. The van der Waals surface area contributed by atoms with Gasteiger partial charge in [0.15, 0.2) is 6.29 Å². The highest BCUT2D eigenvalue weighted by molar-refractivity contribution is 6.18. The molecule has 2 fully saturated rings. The average molecular weight is 205 g/mol. The van der Waals surface area contributed by atoms with Crippen LogP contribution in [0.5, 0.6) is 0 Å². The molecule has 0 bridgehead atoms. The van der Waals surface area contributed by atoms with E-state index in [0.29, 0.717) is 18.4 Å². The van der Waals surface area contributed by atoms with E-state index in [1.165, 1.54) is 32.1 Å². The van der Waals surface area contributed by atoms with Crippen LogP contribution in [0.25, 0.3) is 0 Å². The van der Waals surface area contributed by atoms with E-state index < -0.39 is 0 Å². The third-order valence-electron chi connectivity index (χ3n) is 2.98. The summed E-state index contributed by atoms with van der Waals surface area (Å²) >= 11 is 5.71. The Labute approximate surface area is 84.5 Å². The van der Waals surface area contributed by atoms with Crippen molar-refractivity contribution in [1.82, 2.24) is 0 Å². The van der Waals surface area contributed by atoms with Gasteiger partial charge in [-0.15, -0.1) is 11.6 Å². The van der Waals surface area contributed by atoms with E-state index >= 15 is 0 Å². The predicted molar refractivity (Wildman–Crippen MR) is 51.9 cm³/mol. The van der Waals surface area contributed by atoms with Gasteiger partial charge in [0.25, 0.3) is 0 Å². The zero-order valence-corrected chi connectivity index (χ0v) is 8.63. The van der Waals surface area contributed by atoms with Gasteiger partial charge in [-0.25, -0.2) is 0 Å². The summed E-state index contributed by atoms with van der Waals surface area (Å²) in [5.41, 5.74) is 0. The summed E-state index contributed by atoms with van der Waals surface area (Å²) in [7, 11) is 0. The second kappa shape index (κ2) is 4.63. The number of alkyl halides is 1. The highest BCUT2D eigenvalue weighted by Gasteiger charge is 2.32. The van der Waals surface area contributed by atoms with Crippen LogP contribution in [0.1, 0.15) is 32.1 Å². The highest BCUT2D eigenvalue weighted by Crippen LogP contribution is 2.31. The summed E-state index contributed by atoms with van der Waals surface area (Å²) in [6, 6.07) is 0. The third-order valence-corrected chi connectivity index (χ3v) is 3.32. The van der Waals surface area contributed by atoms with Crippen molar-refractivity contribution in [3.8, 4) is 0 Å². The molecule has 2 rings (SSSR count). The van der Waals surface area contributed by atoms with E-state index in [-0.39, 0.29) is 12.4 Å². The summed E-state index contributed by atoms with van der Waals surface area (Å²) in [4.78, 5) is 0. The van der Waals surface area contributed by atoms with Gasteiger partial charge < -0.3 is 9.47 Å². The highest BCUT2D eigenvalue weighted by atomic mass is 35.5. The second-order valence-electron chi connectivity index (χ2n) is 4.01. The summed E-state index contributed by atoms with van der Waals surface area (Å²) in [5.74, 6) is 1.19. The first kappa shape index (κ1) is 9.75. The molecule has 76 valence electrons. The van der Waals surface area contributed by atoms with Gasteiger partial charge in [-0.3, -0.25) is 0 Å². The Kier molecular flexibility index (Phi) is 3.47. The predicted octanol–water partition coefficient (Wildman–Crippen LogP) is 2.55. The zero-order valence-electron chi connectivity index (χ0n) is 7.88. The average Bonchev–Trinajstić information content (AvgIpc) is 2.67. The molecular formula is C10H17ClO2. The molecule has 0 aromatic rings. The Morgan fingerprint density at radius 3 is 2.54 bits per heavy atom. The van der Waals surface area contributed by atoms with Crippen molar-refractivity contribution < 1.29 is 9.47 Å². The van der Waals surface area contributed by atoms with Gasteiger partial charge in [0.2, 0.25) is 0 Å². The largest absolute Gasteiger partial charge is 0.350 e. The summed E-state index contributed by atoms with van der Waals surface area (Å²) in [5, 5.41) is 0. The number of hydrogen-bond acceptors (Lipinski definition) is 2. The normalized spacial score (nSPS) is 36.7. The lowest BCUT2D eigenvalue weighted by Crippen LogP contribution is -2.24. The van der Waals surface area contributed by atoms with Gasteiger partial charge in [-0.05, 0) is 12.8 Å². The van der Waals surface area contributed by atoms with Crippen molar-refractivity contribution in [1.29, 1.82) is 0 Å². The van der Waals surface area contributed by atoms with Crippen molar-refractivity contribution in [2.45, 2.75) is 44.5 Å². The summed E-state index contributed by atoms with van der Waals surface area (Å²) in [6.45, 7) is 0.685. The maximum absolute atomic E-state index is 5.71. The molecule has 1 aliphatic heterocycles. The number of rotatable bonds is 2. The lowest BCUT2D eigenvalue weighted by atomic mass is 9.89. The van der Waals surface area contributed by atoms with Crippen molar-refractivity contribution in [2.24, 2.45) is 5.92 Å². The van der Waals surface area contributed by atoms with E-state index in [4.69, 9.17) is 21.1 Å². The summed E-state index contributed by atoms with van der Waals surface area (Å²) in [6.07, 6.45) is 6.75. The van der Waals surface area contributed by atoms with Gasteiger partial charge >= 0.3 is 0 Å². The molecule has 2 aliphatic rings. The quantitative estimate of drug-likeness (QED) is 0.644. The SMILES string of the molecule is ClCC1COC(C2CCCCC2)O1. The molecule has 2 nitrogen and oxygen atoms in total. The first-order chi connectivity index (χ1) is 6.40. The molecule has 1 heterocycles. The van der Waals surface area contributed by atoms with Crippen molar-refractivity contribution in [3.63, 3.8) is 0 Å². The third kappa shape index (κ3) is 2.36. The fraction of sp³-hybridized carbons (Fsp3) is 1.00. The minimum Gasteiger partial charge on any atom is -0.350 e. The molecule has 1 saturated carbocycles. The summed E-state index contributed by atoms with van der Waals surface area (Å²) < 4.78 is 11.3. The molecule has 0 aromatic heterocycles.